The predicted octanol–water partition coefficient (Wildman–Crippen LogP) is 0.958. The molecule has 3 aliphatic rings. The number of piperazine rings is 1. The van der Waals surface area contributed by atoms with Crippen LogP contribution in [0, 0.1) is 0 Å². The first-order valence-corrected chi connectivity index (χ1v) is 11.0. The molecule has 8 nitrogen and oxygen atoms in total. The molecule has 0 unspecified atom stereocenters. The summed E-state index contributed by atoms with van der Waals surface area (Å²) in [6, 6.07) is 5.85. The van der Waals surface area contributed by atoms with Gasteiger partial charge in [0.2, 0.25) is 23.6 Å². The Balaban J connectivity index is 1.22. The molecule has 0 atom stereocenters. The molecule has 2 fully saturated rings. The summed E-state index contributed by atoms with van der Waals surface area (Å²) in [4.78, 5) is 65.1. The zero-order chi connectivity index (χ0) is 22.0. The number of carbonyl (C=O) groups excluding carboxylic acids is 5. The minimum atomic E-state index is -0.305. The molecule has 0 N–H and O–H groups in total. The van der Waals surface area contributed by atoms with E-state index < -0.39 is 0 Å². The van der Waals surface area contributed by atoms with Crippen LogP contribution in [0.3, 0.4) is 0 Å². The van der Waals surface area contributed by atoms with Gasteiger partial charge in [-0.05, 0) is 36.5 Å². The van der Waals surface area contributed by atoms with Crippen LogP contribution in [0.4, 0.5) is 0 Å². The highest BCUT2D eigenvalue weighted by molar-refractivity contribution is 6.04. The van der Waals surface area contributed by atoms with Gasteiger partial charge in [0.15, 0.2) is 5.78 Å². The molecule has 2 aliphatic heterocycles. The van der Waals surface area contributed by atoms with E-state index in [-0.39, 0.29) is 61.6 Å². The third kappa shape index (κ3) is 4.68. The summed E-state index contributed by atoms with van der Waals surface area (Å²) < 4.78 is 0. The number of nitrogens with zero attached hydrogens (tertiary/aromatic N) is 3. The molecule has 1 aromatic carbocycles. The van der Waals surface area contributed by atoms with E-state index in [0.717, 1.165) is 24.2 Å². The second-order valence-corrected chi connectivity index (χ2v) is 8.40. The van der Waals surface area contributed by atoms with Gasteiger partial charge in [0.05, 0.1) is 0 Å². The van der Waals surface area contributed by atoms with Gasteiger partial charge >= 0.3 is 0 Å². The highest BCUT2D eigenvalue weighted by Crippen LogP contribution is 2.23. The molecule has 2 saturated heterocycles. The van der Waals surface area contributed by atoms with Gasteiger partial charge in [-0.25, -0.2) is 0 Å². The van der Waals surface area contributed by atoms with E-state index in [1.54, 1.807) is 9.80 Å². The number of fused-ring (bicyclic) bond motifs is 1. The molecule has 0 aromatic heterocycles. The highest BCUT2D eigenvalue weighted by atomic mass is 16.2. The van der Waals surface area contributed by atoms with Gasteiger partial charge in [-0.1, -0.05) is 12.1 Å². The van der Waals surface area contributed by atoms with Crippen molar-refractivity contribution in [1.29, 1.82) is 0 Å². The number of rotatable bonds is 6. The molecule has 2 heterocycles. The van der Waals surface area contributed by atoms with Gasteiger partial charge in [-0.15, -0.1) is 0 Å². The Morgan fingerprint density at radius 3 is 2.03 bits per heavy atom. The fourth-order valence-corrected chi connectivity index (χ4v) is 4.51. The van der Waals surface area contributed by atoms with Crippen molar-refractivity contribution in [2.45, 2.75) is 44.9 Å². The lowest BCUT2D eigenvalue weighted by Gasteiger charge is -2.35. The second kappa shape index (κ2) is 8.99. The SMILES string of the molecule is O=C(CCC(=O)N1CCN(C(=O)CN2C(=O)CCC2=O)CC1)c1ccc2c(c1)CCC2. The van der Waals surface area contributed by atoms with Crippen LogP contribution in [0.15, 0.2) is 18.2 Å². The lowest BCUT2D eigenvalue weighted by atomic mass is 10.0. The molecule has 0 spiro atoms. The zero-order valence-electron chi connectivity index (χ0n) is 17.6. The van der Waals surface area contributed by atoms with Gasteiger partial charge in [-0.2, -0.15) is 0 Å². The Labute approximate surface area is 181 Å². The number of imide groups is 1. The first-order chi connectivity index (χ1) is 14.9. The van der Waals surface area contributed by atoms with E-state index in [0.29, 0.717) is 31.7 Å². The van der Waals surface area contributed by atoms with Crippen LogP contribution in [0.1, 0.15) is 53.6 Å². The maximum Gasteiger partial charge on any atom is 0.242 e. The first kappa shape index (κ1) is 21.2. The molecular formula is C23H27N3O5. The summed E-state index contributed by atoms with van der Waals surface area (Å²) in [5.74, 6) is -0.994. The van der Waals surface area contributed by atoms with Crippen molar-refractivity contribution in [3.63, 3.8) is 0 Å². The van der Waals surface area contributed by atoms with E-state index in [1.165, 1.54) is 11.1 Å². The third-order valence-corrected chi connectivity index (χ3v) is 6.42. The maximum absolute atomic E-state index is 12.5. The van der Waals surface area contributed by atoms with Crippen molar-refractivity contribution in [2.24, 2.45) is 0 Å². The van der Waals surface area contributed by atoms with Crippen LogP contribution in [-0.4, -0.2) is 76.8 Å². The Bertz CT molecular complexity index is 917. The minimum Gasteiger partial charge on any atom is -0.339 e. The number of amides is 4. The van der Waals surface area contributed by atoms with Crippen LogP contribution in [0.25, 0.3) is 0 Å². The molecule has 8 heteroatoms. The van der Waals surface area contributed by atoms with E-state index in [2.05, 4.69) is 0 Å². The average Bonchev–Trinajstić information content (AvgIpc) is 3.38. The Morgan fingerprint density at radius 2 is 1.35 bits per heavy atom. The van der Waals surface area contributed by atoms with Gasteiger partial charge < -0.3 is 9.80 Å². The summed E-state index contributed by atoms with van der Waals surface area (Å²) in [5.41, 5.74) is 3.24. The van der Waals surface area contributed by atoms with E-state index in [1.807, 2.05) is 18.2 Å². The lowest BCUT2D eigenvalue weighted by Crippen LogP contribution is -2.53. The smallest absolute Gasteiger partial charge is 0.242 e. The fourth-order valence-electron chi connectivity index (χ4n) is 4.51. The summed E-state index contributed by atoms with van der Waals surface area (Å²) >= 11 is 0. The number of Topliss-reactive ketones (excluding diaryl/α,β-unsaturated/α-hetero) is 1. The van der Waals surface area contributed by atoms with Crippen LogP contribution in [0.5, 0.6) is 0 Å². The van der Waals surface area contributed by atoms with Crippen molar-refractivity contribution in [3.8, 4) is 0 Å². The average molecular weight is 425 g/mol. The number of hydrogen-bond acceptors (Lipinski definition) is 5. The monoisotopic (exact) mass is 425 g/mol. The quantitative estimate of drug-likeness (QED) is 0.500. The number of ketones is 1. The standard InChI is InChI=1S/C23H27N3O5/c27-19(18-5-4-16-2-1-3-17(16)14-18)6-7-20(28)24-10-12-25(13-11-24)23(31)15-26-21(29)8-9-22(26)30/h4-5,14H,1-3,6-13,15H2. The normalized spacial score (nSPS) is 18.5. The Morgan fingerprint density at radius 1 is 0.742 bits per heavy atom. The Hall–Kier alpha value is -3.03. The van der Waals surface area contributed by atoms with E-state index >= 15 is 0 Å². The predicted molar refractivity (Wildman–Crippen MR) is 111 cm³/mol. The number of carbonyl (C=O) groups is 5. The third-order valence-electron chi connectivity index (χ3n) is 6.42. The topological polar surface area (TPSA) is 95.1 Å². The first-order valence-electron chi connectivity index (χ1n) is 11.0. The van der Waals surface area contributed by atoms with Crippen molar-refractivity contribution in [1.82, 2.24) is 14.7 Å². The molecule has 4 rings (SSSR count). The van der Waals surface area contributed by atoms with Gasteiger partial charge in [0.1, 0.15) is 6.54 Å². The molecule has 1 aromatic rings. The summed E-state index contributed by atoms with van der Waals surface area (Å²) in [7, 11) is 0. The van der Waals surface area contributed by atoms with Crippen LogP contribution in [-0.2, 0) is 32.0 Å². The number of likely N-dealkylation sites (tertiary alicyclic amines) is 1. The highest BCUT2D eigenvalue weighted by Gasteiger charge is 2.33. The minimum absolute atomic E-state index is 0.0168. The van der Waals surface area contributed by atoms with Gasteiger partial charge in [-0.3, -0.25) is 28.9 Å². The fraction of sp³-hybridized carbons (Fsp3) is 0.522. The van der Waals surface area contributed by atoms with Gasteiger partial charge in [0, 0.05) is 57.4 Å². The maximum atomic E-state index is 12.5. The number of aryl methyl sites for hydroxylation is 2. The molecule has 0 radical (unpaired) electrons. The van der Waals surface area contributed by atoms with E-state index in [9.17, 15) is 24.0 Å². The summed E-state index contributed by atoms with van der Waals surface area (Å²) in [6.45, 7) is 1.28. The molecule has 4 amide bonds. The molecule has 1 aliphatic carbocycles. The molecule has 164 valence electrons. The van der Waals surface area contributed by atoms with Crippen LogP contribution >= 0.6 is 0 Å². The van der Waals surface area contributed by atoms with Gasteiger partial charge in [0.25, 0.3) is 0 Å². The van der Waals surface area contributed by atoms with Crippen molar-refractivity contribution < 1.29 is 24.0 Å². The molecular weight excluding hydrogens is 398 g/mol. The molecule has 0 saturated carbocycles. The summed E-state index contributed by atoms with van der Waals surface area (Å²) in [5, 5.41) is 0. The van der Waals surface area contributed by atoms with Crippen molar-refractivity contribution in [2.75, 3.05) is 32.7 Å². The largest absolute Gasteiger partial charge is 0.339 e. The van der Waals surface area contributed by atoms with E-state index in [4.69, 9.17) is 0 Å². The number of hydrogen-bond donors (Lipinski definition) is 0. The number of benzene rings is 1. The second-order valence-electron chi connectivity index (χ2n) is 8.40. The molecule has 31 heavy (non-hydrogen) atoms. The Kier molecular flexibility index (Phi) is 6.15. The van der Waals surface area contributed by atoms with Crippen molar-refractivity contribution in [3.05, 3.63) is 34.9 Å². The van der Waals surface area contributed by atoms with Crippen LogP contribution < -0.4 is 0 Å². The summed E-state index contributed by atoms with van der Waals surface area (Å²) in [6.07, 6.45) is 3.87. The van der Waals surface area contributed by atoms with Crippen LogP contribution in [0.2, 0.25) is 0 Å². The lowest BCUT2D eigenvalue weighted by molar-refractivity contribution is -0.147. The molecule has 0 bridgehead atoms. The zero-order valence-corrected chi connectivity index (χ0v) is 17.6. The van der Waals surface area contributed by atoms with Crippen molar-refractivity contribution >= 4 is 29.4 Å².